The van der Waals surface area contributed by atoms with Crippen LogP contribution >= 0.6 is 0 Å². The Labute approximate surface area is 133 Å². The number of halogens is 3. The number of carbonyl (C=O) groups excluding carboxylic acids is 1. The number of allylic oxidation sites excluding steroid dienone is 2. The molecule has 0 fully saturated rings. The van der Waals surface area contributed by atoms with E-state index in [1.54, 1.807) is 13.0 Å². The predicted octanol–water partition coefficient (Wildman–Crippen LogP) is 4.46. The molecule has 0 saturated carbocycles. The second-order valence-electron chi connectivity index (χ2n) is 5.36. The molecule has 0 heterocycles. The van der Waals surface area contributed by atoms with Gasteiger partial charge in [0, 0.05) is 0 Å². The fourth-order valence-corrected chi connectivity index (χ4v) is 2.72. The van der Waals surface area contributed by atoms with E-state index in [-0.39, 0.29) is 17.5 Å². The van der Waals surface area contributed by atoms with Crippen molar-refractivity contribution in [3.05, 3.63) is 35.4 Å². The molecule has 126 valence electrons. The summed E-state index contributed by atoms with van der Waals surface area (Å²) >= 11 is 0. The van der Waals surface area contributed by atoms with Crippen molar-refractivity contribution >= 4 is 11.5 Å². The topological polar surface area (TPSA) is 35.5 Å². The lowest BCUT2D eigenvalue weighted by Crippen LogP contribution is -2.20. The van der Waals surface area contributed by atoms with Crippen molar-refractivity contribution in [1.29, 1.82) is 0 Å². The molecule has 0 bridgehead atoms. The first-order chi connectivity index (χ1) is 10.9. The van der Waals surface area contributed by atoms with Gasteiger partial charge in [0.15, 0.2) is 0 Å². The fourth-order valence-electron chi connectivity index (χ4n) is 2.72. The number of esters is 1. The highest BCUT2D eigenvalue weighted by Gasteiger charge is 2.35. The van der Waals surface area contributed by atoms with Gasteiger partial charge in [-0.2, -0.15) is 13.2 Å². The van der Waals surface area contributed by atoms with Crippen LogP contribution in [0.2, 0.25) is 0 Å². The second-order valence-corrected chi connectivity index (χ2v) is 5.36. The molecule has 1 aliphatic carbocycles. The summed E-state index contributed by atoms with van der Waals surface area (Å²) in [7, 11) is 1.42. The monoisotopic (exact) mass is 328 g/mol. The maximum Gasteiger partial charge on any atom is 0.417 e. The third-order valence-corrected chi connectivity index (χ3v) is 3.91. The van der Waals surface area contributed by atoms with Crippen molar-refractivity contribution in [2.75, 3.05) is 13.7 Å². The van der Waals surface area contributed by atoms with Crippen LogP contribution in [0.25, 0.3) is 5.57 Å². The first-order valence-electron chi connectivity index (χ1n) is 7.48. The van der Waals surface area contributed by atoms with Gasteiger partial charge in [0.05, 0.1) is 25.2 Å². The van der Waals surface area contributed by atoms with E-state index in [1.807, 2.05) is 0 Å². The van der Waals surface area contributed by atoms with E-state index in [4.69, 9.17) is 9.47 Å². The van der Waals surface area contributed by atoms with Crippen LogP contribution in [0.15, 0.2) is 24.3 Å². The van der Waals surface area contributed by atoms with Crippen LogP contribution in [0, 0.1) is 5.92 Å². The number of hydrogen-bond acceptors (Lipinski definition) is 3. The van der Waals surface area contributed by atoms with Gasteiger partial charge < -0.3 is 9.47 Å². The number of hydrogen-bond donors (Lipinski definition) is 0. The van der Waals surface area contributed by atoms with Crippen LogP contribution < -0.4 is 4.74 Å². The minimum atomic E-state index is -4.43. The molecule has 1 aromatic carbocycles. The SMILES string of the molecule is CCOC(=O)C1CC=C(c2cc(OC)ccc2C(F)(F)F)CC1. The summed E-state index contributed by atoms with van der Waals surface area (Å²) in [6.07, 6.45) is -1.45. The van der Waals surface area contributed by atoms with Crippen LogP contribution in [-0.2, 0) is 15.7 Å². The zero-order chi connectivity index (χ0) is 17.0. The zero-order valence-electron chi connectivity index (χ0n) is 13.1. The molecule has 0 N–H and O–H groups in total. The molecule has 0 amide bonds. The van der Waals surface area contributed by atoms with Gasteiger partial charge in [0.25, 0.3) is 0 Å². The summed E-state index contributed by atoms with van der Waals surface area (Å²) in [4.78, 5) is 11.7. The number of carbonyl (C=O) groups is 1. The predicted molar refractivity (Wildman–Crippen MR) is 79.9 cm³/mol. The van der Waals surface area contributed by atoms with Gasteiger partial charge in [-0.1, -0.05) is 6.08 Å². The summed E-state index contributed by atoms with van der Waals surface area (Å²) in [5.41, 5.74) is 0.0371. The largest absolute Gasteiger partial charge is 0.497 e. The second kappa shape index (κ2) is 7.06. The number of alkyl halides is 3. The van der Waals surface area contributed by atoms with Crippen molar-refractivity contribution in [1.82, 2.24) is 0 Å². The average Bonchev–Trinajstić information content (AvgIpc) is 2.53. The van der Waals surface area contributed by atoms with Gasteiger partial charge in [0.1, 0.15) is 5.75 Å². The Balaban J connectivity index is 2.30. The Morgan fingerprint density at radius 3 is 2.61 bits per heavy atom. The first-order valence-corrected chi connectivity index (χ1v) is 7.48. The van der Waals surface area contributed by atoms with Crippen molar-refractivity contribution in [2.24, 2.45) is 5.92 Å². The molecular weight excluding hydrogens is 309 g/mol. The maximum absolute atomic E-state index is 13.2. The van der Waals surface area contributed by atoms with E-state index in [0.717, 1.165) is 6.07 Å². The molecule has 2 rings (SSSR count). The van der Waals surface area contributed by atoms with Crippen molar-refractivity contribution in [2.45, 2.75) is 32.4 Å². The molecule has 1 aliphatic rings. The number of methoxy groups -OCH3 is 1. The van der Waals surface area contributed by atoms with Gasteiger partial charge in [-0.25, -0.2) is 0 Å². The van der Waals surface area contributed by atoms with Crippen LogP contribution in [-0.4, -0.2) is 19.7 Å². The van der Waals surface area contributed by atoms with E-state index >= 15 is 0 Å². The summed E-state index contributed by atoms with van der Waals surface area (Å²) < 4.78 is 49.6. The number of ether oxygens (including phenoxy) is 2. The summed E-state index contributed by atoms with van der Waals surface area (Å²) in [6, 6.07) is 3.74. The van der Waals surface area contributed by atoms with Crippen LogP contribution in [0.1, 0.15) is 37.3 Å². The summed E-state index contributed by atoms with van der Waals surface area (Å²) in [5.74, 6) is -0.190. The Hall–Kier alpha value is -1.98. The van der Waals surface area contributed by atoms with Gasteiger partial charge in [-0.15, -0.1) is 0 Å². The molecule has 0 spiro atoms. The van der Waals surface area contributed by atoms with Crippen LogP contribution in [0.5, 0.6) is 5.75 Å². The molecule has 1 atom stereocenters. The average molecular weight is 328 g/mol. The third-order valence-electron chi connectivity index (χ3n) is 3.91. The van der Waals surface area contributed by atoms with Gasteiger partial charge in [-0.3, -0.25) is 4.79 Å². The summed E-state index contributed by atoms with van der Waals surface area (Å²) in [6.45, 7) is 2.04. The smallest absolute Gasteiger partial charge is 0.417 e. The zero-order valence-corrected chi connectivity index (χ0v) is 13.1. The molecule has 0 saturated heterocycles. The van der Waals surface area contributed by atoms with Crippen molar-refractivity contribution in [3.63, 3.8) is 0 Å². The fraction of sp³-hybridized carbons (Fsp3) is 0.471. The van der Waals surface area contributed by atoms with E-state index in [0.29, 0.717) is 37.2 Å². The molecular formula is C17H19F3O3. The number of benzene rings is 1. The van der Waals surface area contributed by atoms with Gasteiger partial charge in [0.2, 0.25) is 0 Å². The molecule has 0 radical (unpaired) electrons. The lowest BCUT2D eigenvalue weighted by molar-refractivity contribution is -0.148. The highest BCUT2D eigenvalue weighted by molar-refractivity contribution is 5.76. The molecule has 0 aromatic heterocycles. The van der Waals surface area contributed by atoms with Gasteiger partial charge in [-0.05, 0) is 55.5 Å². The highest BCUT2D eigenvalue weighted by Crippen LogP contribution is 2.40. The van der Waals surface area contributed by atoms with E-state index in [1.165, 1.54) is 19.2 Å². The Kier molecular flexibility index (Phi) is 5.34. The normalized spacial score (nSPS) is 18.3. The Bertz CT molecular complexity index is 606. The van der Waals surface area contributed by atoms with Crippen molar-refractivity contribution in [3.8, 4) is 5.75 Å². The Morgan fingerprint density at radius 2 is 2.09 bits per heavy atom. The molecule has 3 nitrogen and oxygen atoms in total. The third kappa shape index (κ3) is 4.06. The lowest BCUT2D eigenvalue weighted by atomic mass is 9.85. The van der Waals surface area contributed by atoms with E-state index < -0.39 is 11.7 Å². The first kappa shape index (κ1) is 17.4. The minimum Gasteiger partial charge on any atom is -0.497 e. The van der Waals surface area contributed by atoms with Crippen LogP contribution in [0.4, 0.5) is 13.2 Å². The summed E-state index contributed by atoms with van der Waals surface area (Å²) in [5, 5.41) is 0. The quantitative estimate of drug-likeness (QED) is 0.766. The van der Waals surface area contributed by atoms with Gasteiger partial charge >= 0.3 is 12.1 Å². The van der Waals surface area contributed by atoms with E-state index in [2.05, 4.69) is 0 Å². The van der Waals surface area contributed by atoms with Crippen molar-refractivity contribution < 1.29 is 27.4 Å². The molecule has 6 heteroatoms. The molecule has 0 aliphatic heterocycles. The molecule has 23 heavy (non-hydrogen) atoms. The maximum atomic E-state index is 13.2. The van der Waals surface area contributed by atoms with E-state index in [9.17, 15) is 18.0 Å². The lowest BCUT2D eigenvalue weighted by Gasteiger charge is -2.23. The highest BCUT2D eigenvalue weighted by atomic mass is 19.4. The standard InChI is InChI=1S/C17H19F3O3/c1-3-23-16(21)12-6-4-11(5-7-12)14-10-13(22-2)8-9-15(14)17(18,19)20/h4,8-10,12H,3,5-7H2,1-2H3. The molecule has 1 unspecified atom stereocenters. The van der Waals surface area contributed by atoms with Crippen LogP contribution in [0.3, 0.4) is 0 Å². The Morgan fingerprint density at radius 1 is 1.35 bits per heavy atom. The molecule has 1 aromatic rings. The minimum absolute atomic E-state index is 0.124. The number of rotatable bonds is 4.